The lowest BCUT2D eigenvalue weighted by Crippen LogP contribution is -2.14. The topological polar surface area (TPSA) is 20.2 Å². The van der Waals surface area contributed by atoms with Gasteiger partial charge in [-0.1, -0.05) is 60.1 Å². The van der Waals surface area contributed by atoms with Gasteiger partial charge in [0.25, 0.3) is 0 Å². The number of hydrogen-bond donors (Lipinski definition) is 1. The third-order valence-corrected chi connectivity index (χ3v) is 4.06. The van der Waals surface area contributed by atoms with Crippen molar-refractivity contribution in [3.05, 3.63) is 82.6 Å². The Bertz CT molecular complexity index is 607. The molecule has 0 amide bonds. The molecule has 2 rings (SSSR count). The molecule has 0 aliphatic carbocycles. The largest absolute Gasteiger partial charge is 0.388 e. The fourth-order valence-electron chi connectivity index (χ4n) is 2.52. The van der Waals surface area contributed by atoms with Gasteiger partial charge in [-0.3, -0.25) is 0 Å². The van der Waals surface area contributed by atoms with E-state index < -0.39 is 12.0 Å². The van der Waals surface area contributed by atoms with E-state index in [2.05, 4.69) is 0 Å². The van der Waals surface area contributed by atoms with Crippen molar-refractivity contribution in [2.75, 3.05) is 0 Å². The number of halogens is 2. The van der Waals surface area contributed by atoms with Gasteiger partial charge in [-0.2, -0.15) is 0 Å². The Hall–Kier alpha value is -1.64. The molecule has 0 aliphatic heterocycles. The van der Waals surface area contributed by atoms with E-state index in [1.54, 1.807) is 31.2 Å². The van der Waals surface area contributed by atoms with Crippen LogP contribution < -0.4 is 0 Å². The van der Waals surface area contributed by atoms with Gasteiger partial charge in [-0.25, -0.2) is 4.39 Å². The first-order valence-corrected chi connectivity index (χ1v) is 7.78. The fraction of sp³-hybridized carbons (Fsp3) is 0.263. The molecule has 2 aromatic carbocycles. The van der Waals surface area contributed by atoms with E-state index in [0.29, 0.717) is 17.0 Å². The molecular formula is C19H20ClFO. The first kappa shape index (κ1) is 16.7. The van der Waals surface area contributed by atoms with Crippen molar-refractivity contribution in [2.45, 2.75) is 25.9 Å². The van der Waals surface area contributed by atoms with Gasteiger partial charge in [0.2, 0.25) is 0 Å². The Labute approximate surface area is 136 Å². The molecule has 2 atom stereocenters. The number of benzene rings is 2. The number of hydrogen-bond acceptors (Lipinski definition) is 1. The summed E-state index contributed by atoms with van der Waals surface area (Å²) < 4.78 is 14.2. The van der Waals surface area contributed by atoms with Crippen LogP contribution in [0.3, 0.4) is 0 Å². The minimum absolute atomic E-state index is 0.279. The second kappa shape index (κ2) is 8.11. The van der Waals surface area contributed by atoms with E-state index in [-0.39, 0.29) is 5.83 Å². The molecule has 1 N–H and O–H groups in total. The summed E-state index contributed by atoms with van der Waals surface area (Å²) in [6.07, 6.45) is 1.81. The molecule has 116 valence electrons. The van der Waals surface area contributed by atoms with E-state index in [9.17, 15) is 9.50 Å². The highest BCUT2D eigenvalue weighted by Gasteiger charge is 2.24. The van der Waals surface area contributed by atoms with Crippen LogP contribution in [0.15, 0.2) is 66.5 Å². The zero-order valence-corrected chi connectivity index (χ0v) is 13.3. The Balaban J connectivity index is 2.13. The van der Waals surface area contributed by atoms with Crippen molar-refractivity contribution in [2.24, 2.45) is 5.92 Å². The minimum Gasteiger partial charge on any atom is -0.388 e. The summed E-state index contributed by atoms with van der Waals surface area (Å²) in [6.45, 7) is 1.65. The maximum absolute atomic E-state index is 14.2. The van der Waals surface area contributed by atoms with Gasteiger partial charge >= 0.3 is 0 Å². The third-order valence-electron chi connectivity index (χ3n) is 3.81. The number of rotatable bonds is 6. The van der Waals surface area contributed by atoms with Crippen molar-refractivity contribution in [1.82, 2.24) is 0 Å². The van der Waals surface area contributed by atoms with Gasteiger partial charge in [0.05, 0.1) is 6.10 Å². The monoisotopic (exact) mass is 318 g/mol. The second-order valence-electron chi connectivity index (χ2n) is 5.30. The lowest BCUT2D eigenvalue weighted by Gasteiger charge is -2.22. The highest BCUT2D eigenvalue weighted by molar-refractivity contribution is 6.30. The van der Waals surface area contributed by atoms with Crippen LogP contribution in [-0.4, -0.2) is 5.11 Å². The Morgan fingerprint density at radius 2 is 1.77 bits per heavy atom. The summed E-state index contributed by atoms with van der Waals surface area (Å²) in [5.74, 6) is -0.829. The summed E-state index contributed by atoms with van der Waals surface area (Å²) in [6, 6.07) is 16.8. The number of aliphatic hydroxyl groups is 1. The average molecular weight is 319 g/mol. The molecule has 2 aromatic rings. The molecule has 0 unspecified atom stereocenters. The molecule has 0 saturated heterocycles. The van der Waals surface area contributed by atoms with Gasteiger partial charge in [0.1, 0.15) is 5.83 Å². The Kier molecular flexibility index (Phi) is 6.17. The summed E-state index contributed by atoms with van der Waals surface area (Å²) in [4.78, 5) is 0. The van der Waals surface area contributed by atoms with Crippen LogP contribution in [0.5, 0.6) is 0 Å². The van der Waals surface area contributed by atoms with Crippen molar-refractivity contribution >= 4 is 11.6 Å². The molecule has 0 aliphatic rings. The molecule has 0 fully saturated rings. The molecule has 0 bridgehead atoms. The predicted octanol–water partition coefficient (Wildman–Crippen LogP) is 5.50. The smallest absolute Gasteiger partial charge is 0.102 e. The highest BCUT2D eigenvalue weighted by Crippen LogP contribution is 2.33. The van der Waals surface area contributed by atoms with Crippen LogP contribution in [0.4, 0.5) is 4.39 Å². The summed E-state index contributed by atoms with van der Waals surface area (Å²) in [7, 11) is 0. The van der Waals surface area contributed by atoms with Gasteiger partial charge in [-0.05, 0) is 43.0 Å². The standard InChI is InChI=1S/C19H20ClFO/c1-2-18(21)17(13-8-14-6-4-3-5-7-14)19(22)15-9-11-16(20)12-10-15/h2-7,9-12,17,19,22H,8,13H2,1H3/b18-2-/t17-,19+/m1/s1. The van der Waals surface area contributed by atoms with Crippen LogP contribution in [0.1, 0.15) is 30.6 Å². The van der Waals surface area contributed by atoms with Crippen molar-refractivity contribution < 1.29 is 9.50 Å². The molecular weight excluding hydrogens is 299 g/mol. The van der Waals surface area contributed by atoms with E-state index in [0.717, 1.165) is 12.0 Å². The first-order valence-electron chi connectivity index (χ1n) is 7.41. The zero-order valence-electron chi connectivity index (χ0n) is 12.5. The number of aryl methyl sites for hydroxylation is 1. The second-order valence-corrected chi connectivity index (χ2v) is 5.74. The molecule has 0 aromatic heterocycles. The van der Waals surface area contributed by atoms with Crippen LogP contribution in [-0.2, 0) is 6.42 Å². The molecule has 1 nitrogen and oxygen atoms in total. The third kappa shape index (κ3) is 4.43. The van der Waals surface area contributed by atoms with Crippen molar-refractivity contribution in [1.29, 1.82) is 0 Å². The summed E-state index contributed by atoms with van der Waals surface area (Å²) in [5, 5.41) is 11.1. The van der Waals surface area contributed by atoms with Gasteiger partial charge < -0.3 is 5.11 Å². The highest BCUT2D eigenvalue weighted by atomic mass is 35.5. The van der Waals surface area contributed by atoms with Crippen LogP contribution >= 0.6 is 11.6 Å². The van der Waals surface area contributed by atoms with Crippen LogP contribution in [0.2, 0.25) is 5.02 Å². The first-order chi connectivity index (χ1) is 10.6. The molecule has 0 saturated carbocycles. The van der Waals surface area contributed by atoms with Crippen LogP contribution in [0.25, 0.3) is 0 Å². The van der Waals surface area contributed by atoms with E-state index >= 15 is 0 Å². The average Bonchev–Trinajstić information content (AvgIpc) is 2.56. The molecule has 0 radical (unpaired) electrons. The molecule has 3 heteroatoms. The normalized spacial score (nSPS) is 14.6. The van der Waals surface area contributed by atoms with Gasteiger partial charge in [0.15, 0.2) is 0 Å². The van der Waals surface area contributed by atoms with Gasteiger partial charge in [0, 0.05) is 10.9 Å². The fourth-order valence-corrected chi connectivity index (χ4v) is 2.65. The van der Waals surface area contributed by atoms with Gasteiger partial charge in [-0.15, -0.1) is 0 Å². The van der Waals surface area contributed by atoms with E-state index in [4.69, 9.17) is 11.6 Å². The minimum atomic E-state index is -0.878. The summed E-state index contributed by atoms with van der Waals surface area (Å²) in [5.41, 5.74) is 1.82. The molecule has 0 spiro atoms. The van der Waals surface area contributed by atoms with Crippen LogP contribution in [0, 0.1) is 5.92 Å². The number of aliphatic hydroxyl groups excluding tert-OH is 1. The molecule has 0 heterocycles. The quantitative estimate of drug-likeness (QED) is 0.746. The maximum Gasteiger partial charge on any atom is 0.102 e. The Morgan fingerprint density at radius 1 is 1.14 bits per heavy atom. The van der Waals surface area contributed by atoms with Crippen molar-refractivity contribution in [3.63, 3.8) is 0 Å². The predicted molar refractivity (Wildman–Crippen MR) is 89.5 cm³/mol. The Morgan fingerprint density at radius 3 is 2.36 bits per heavy atom. The van der Waals surface area contributed by atoms with E-state index in [1.807, 2.05) is 30.3 Å². The lowest BCUT2D eigenvalue weighted by atomic mass is 9.89. The maximum atomic E-state index is 14.2. The zero-order chi connectivity index (χ0) is 15.9. The number of allylic oxidation sites excluding steroid dienone is 1. The van der Waals surface area contributed by atoms with E-state index in [1.165, 1.54) is 6.08 Å². The SMILES string of the molecule is C/C=C(\F)[C@@H](CCc1ccccc1)[C@@H](O)c1ccc(Cl)cc1. The van der Waals surface area contributed by atoms with Crippen molar-refractivity contribution in [3.8, 4) is 0 Å². The lowest BCUT2D eigenvalue weighted by molar-refractivity contribution is 0.109. The molecule has 22 heavy (non-hydrogen) atoms. The summed E-state index contributed by atoms with van der Waals surface area (Å²) >= 11 is 5.86.